The average molecular weight is 448 g/mol. The van der Waals surface area contributed by atoms with E-state index in [-0.39, 0.29) is 36.8 Å². The molecule has 1 aromatic carbocycles. The van der Waals surface area contributed by atoms with Crippen molar-refractivity contribution in [1.82, 2.24) is 10.2 Å². The van der Waals surface area contributed by atoms with Crippen LogP contribution < -0.4 is 5.32 Å². The number of nitrogens with one attached hydrogen (secondary N) is 1. The number of piperazine rings is 1. The lowest BCUT2D eigenvalue weighted by molar-refractivity contribution is -0.140. The summed E-state index contributed by atoms with van der Waals surface area (Å²) in [5.74, 6) is 0. The van der Waals surface area contributed by atoms with Gasteiger partial charge in [-0.25, -0.2) is 0 Å². The van der Waals surface area contributed by atoms with Crippen molar-refractivity contribution in [2.24, 2.45) is 0 Å². The van der Waals surface area contributed by atoms with Crippen LogP contribution in [-0.2, 0) is 6.18 Å². The second-order valence-electron chi connectivity index (χ2n) is 5.69. The normalized spacial score (nSPS) is 17.2. The van der Waals surface area contributed by atoms with E-state index in [1.165, 1.54) is 6.07 Å². The molecule has 0 radical (unpaired) electrons. The lowest BCUT2D eigenvalue weighted by Gasteiger charge is -2.35. The molecule has 0 spiro atoms. The molecule has 152 valence electrons. The Morgan fingerprint density at radius 1 is 1.04 bits per heavy atom. The molecule has 1 N–H and O–H groups in total. The molecular formula is C15H19Cl3F6N2. The largest absolute Gasteiger partial charge is 0.417 e. The van der Waals surface area contributed by atoms with Gasteiger partial charge in [0.15, 0.2) is 0 Å². The Morgan fingerprint density at radius 3 is 2.12 bits per heavy atom. The van der Waals surface area contributed by atoms with Crippen LogP contribution in [0.3, 0.4) is 0 Å². The molecule has 0 bridgehead atoms. The maximum atomic E-state index is 13.0. The van der Waals surface area contributed by atoms with E-state index >= 15 is 0 Å². The summed E-state index contributed by atoms with van der Waals surface area (Å²) in [6.07, 6.45) is -10.3. The lowest BCUT2D eigenvalue weighted by atomic mass is 9.97. The first-order valence-electron chi connectivity index (χ1n) is 7.46. The zero-order valence-electron chi connectivity index (χ0n) is 13.5. The van der Waals surface area contributed by atoms with Gasteiger partial charge in [-0.3, -0.25) is 4.90 Å². The Kier molecular flexibility index (Phi) is 10.1. The third-order valence-corrected chi connectivity index (χ3v) is 4.30. The molecule has 0 aromatic heterocycles. The van der Waals surface area contributed by atoms with E-state index in [4.69, 9.17) is 11.6 Å². The average Bonchev–Trinajstić information content (AvgIpc) is 2.47. The molecule has 1 atom stereocenters. The molecule has 0 unspecified atom stereocenters. The van der Waals surface area contributed by atoms with Crippen molar-refractivity contribution in [2.75, 3.05) is 26.2 Å². The molecule has 11 heteroatoms. The van der Waals surface area contributed by atoms with Crippen LogP contribution in [0, 0.1) is 0 Å². The summed E-state index contributed by atoms with van der Waals surface area (Å²) in [6.45, 7) is 2.13. The van der Waals surface area contributed by atoms with Gasteiger partial charge in [-0.05, 0) is 24.1 Å². The van der Waals surface area contributed by atoms with Crippen molar-refractivity contribution in [3.05, 3.63) is 34.3 Å². The smallest absolute Gasteiger partial charge is 0.314 e. The number of nitrogens with zero attached hydrogens (tertiary/aromatic N) is 1. The molecule has 2 nitrogen and oxygen atoms in total. The maximum absolute atomic E-state index is 13.0. The summed E-state index contributed by atoms with van der Waals surface area (Å²) < 4.78 is 76.9. The van der Waals surface area contributed by atoms with Gasteiger partial charge < -0.3 is 5.32 Å². The number of hydrogen-bond acceptors (Lipinski definition) is 2. The Balaban J connectivity index is 0.00000312. The highest BCUT2D eigenvalue weighted by Gasteiger charge is 2.36. The molecule has 2 rings (SSSR count). The van der Waals surface area contributed by atoms with Crippen LogP contribution in [0.2, 0.25) is 5.02 Å². The minimum Gasteiger partial charge on any atom is -0.314 e. The van der Waals surface area contributed by atoms with Crippen molar-refractivity contribution >= 4 is 36.4 Å². The molecule has 1 aliphatic rings. The summed E-state index contributed by atoms with van der Waals surface area (Å²) in [5.41, 5.74) is -0.813. The molecule has 26 heavy (non-hydrogen) atoms. The molecule has 1 heterocycles. The van der Waals surface area contributed by atoms with Crippen molar-refractivity contribution in [2.45, 2.75) is 31.2 Å². The quantitative estimate of drug-likeness (QED) is 0.614. The zero-order chi connectivity index (χ0) is 18.0. The highest BCUT2D eigenvalue weighted by atomic mass is 35.5. The zero-order valence-corrected chi connectivity index (χ0v) is 15.9. The molecule has 0 aliphatic carbocycles. The van der Waals surface area contributed by atoms with Gasteiger partial charge >= 0.3 is 12.4 Å². The van der Waals surface area contributed by atoms with Gasteiger partial charge in [-0.2, -0.15) is 26.3 Å². The highest BCUT2D eigenvalue weighted by Crippen LogP contribution is 2.38. The van der Waals surface area contributed by atoms with Crippen molar-refractivity contribution in [1.29, 1.82) is 0 Å². The lowest BCUT2D eigenvalue weighted by Crippen LogP contribution is -2.45. The molecular weight excluding hydrogens is 429 g/mol. The second-order valence-corrected chi connectivity index (χ2v) is 6.10. The summed E-state index contributed by atoms with van der Waals surface area (Å²) in [4.78, 5) is 1.78. The summed E-state index contributed by atoms with van der Waals surface area (Å²) in [6, 6.07) is 2.61. The topological polar surface area (TPSA) is 15.3 Å². The van der Waals surface area contributed by atoms with Crippen LogP contribution >= 0.6 is 36.4 Å². The van der Waals surface area contributed by atoms with Crippen LogP contribution in [0.1, 0.15) is 30.0 Å². The number of rotatable bonds is 4. The Hall–Kier alpha value is -0.410. The van der Waals surface area contributed by atoms with E-state index in [2.05, 4.69) is 5.32 Å². The third kappa shape index (κ3) is 7.31. The minimum absolute atomic E-state index is 0. The van der Waals surface area contributed by atoms with Crippen LogP contribution in [0.25, 0.3) is 0 Å². The van der Waals surface area contributed by atoms with E-state index in [0.717, 1.165) is 12.1 Å². The van der Waals surface area contributed by atoms with Gasteiger partial charge in [-0.15, -0.1) is 24.8 Å². The summed E-state index contributed by atoms with van der Waals surface area (Å²) in [7, 11) is 0. The van der Waals surface area contributed by atoms with Crippen molar-refractivity contribution in [3.8, 4) is 0 Å². The van der Waals surface area contributed by atoms with Gasteiger partial charge in [0.2, 0.25) is 0 Å². The molecule has 0 saturated carbocycles. The second kappa shape index (κ2) is 10.2. The Morgan fingerprint density at radius 2 is 1.62 bits per heavy atom. The van der Waals surface area contributed by atoms with E-state index in [1.807, 2.05) is 0 Å². The number of alkyl halides is 6. The molecule has 1 fully saturated rings. The van der Waals surface area contributed by atoms with Crippen LogP contribution in [-0.4, -0.2) is 37.3 Å². The first kappa shape index (κ1) is 25.6. The predicted octanol–water partition coefficient (Wildman–Crippen LogP) is 5.49. The standard InChI is InChI=1S/C15H17ClF6N2.2ClH/c16-12-2-1-10(9-11(12)15(20,21)22)13(3-4-14(17,18)19)24-7-5-23-6-8-24;;/h1-2,9,13,23H,3-8H2;2*1H/t13-;;/m1../s1. The SMILES string of the molecule is Cl.Cl.FC(F)(F)CC[C@H](c1ccc(Cl)c(C(F)(F)F)c1)N1CCNCC1. The number of benzene rings is 1. The first-order chi connectivity index (χ1) is 11.1. The monoisotopic (exact) mass is 446 g/mol. The highest BCUT2D eigenvalue weighted by molar-refractivity contribution is 6.31. The first-order valence-corrected chi connectivity index (χ1v) is 7.84. The van der Waals surface area contributed by atoms with Crippen molar-refractivity contribution in [3.63, 3.8) is 0 Å². The molecule has 1 aliphatic heterocycles. The Labute approximate surface area is 165 Å². The van der Waals surface area contributed by atoms with Gasteiger partial charge in [0, 0.05) is 38.6 Å². The van der Waals surface area contributed by atoms with E-state index < -0.39 is 35.4 Å². The summed E-state index contributed by atoms with van der Waals surface area (Å²) >= 11 is 5.60. The number of halogens is 9. The van der Waals surface area contributed by atoms with Gasteiger partial charge in [-0.1, -0.05) is 17.7 Å². The minimum atomic E-state index is -4.65. The maximum Gasteiger partial charge on any atom is 0.417 e. The van der Waals surface area contributed by atoms with E-state index in [0.29, 0.717) is 26.2 Å². The third-order valence-electron chi connectivity index (χ3n) is 3.97. The fourth-order valence-corrected chi connectivity index (χ4v) is 3.05. The predicted molar refractivity (Wildman–Crippen MR) is 93.4 cm³/mol. The molecule has 0 amide bonds. The van der Waals surface area contributed by atoms with Gasteiger partial charge in [0.25, 0.3) is 0 Å². The van der Waals surface area contributed by atoms with Crippen LogP contribution in [0.5, 0.6) is 0 Å². The van der Waals surface area contributed by atoms with Crippen molar-refractivity contribution < 1.29 is 26.3 Å². The van der Waals surface area contributed by atoms with Crippen LogP contribution in [0.4, 0.5) is 26.3 Å². The van der Waals surface area contributed by atoms with E-state index in [9.17, 15) is 26.3 Å². The van der Waals surface area contributed by atoms with E-state index in [1.54, 1.807) is 4.90 Å². The van der Waals surface area contributed by atoms with Crippen LogP contribution in [0.15, 0.2) is 18.2 Å². The van der Waals surface area contributed by atoms with Gasteiger partial charge in [0.1, 0.15) is 0 Å². The fraction of sp³-hybridized carbons (Fsp3) is 0.600. The van der Waals surface area contributed by atoms with Gasteiger partial charge in [0.05, 0.1) is 10.6 Å². The number of hydrogen-bond donors (Lipinski definition) is 1. The fourth-order valence-electron chi connectivity index (χ4n) is 2.82. The Bertz CT molecular complexity index is 559. The summed E-state index contributed by atoms with van der Waals surface area (Å²) in [5, 5.41) is 2.62. The molecule has 1 saturated heterocycles. The molecule has 1 aromatic rings.